The summed E-state index contributed by atoms with van der Waals surface area (Å²) in [6, 6.07) is 8.05. The number of aliphatic hydroxyl groups excluding tert-OH is 1. The highest BCUT2D eigenvalue weighted by Gasteiger charge is 2.23. The van der Waals surface area contributed by atoms with Crippen LogP contribution in [-0.4, -0.2) is 42.2 Å². The number of rotatable bonds is 6. The molecule has 1 heterocycles. The molecule has 1 atom stereocenters. The summed E-state index contributed by atoms with van der Waals surface area (Å²) in [6.45, 7) is 6.86. The third kappa shape index (κ3) is 4.83. The number of anilines is 1. The number of benzene rings is 1. The maximum absolute atomic E-state index is 12.0. The molecule has 0 aromatic heterocycles. The Balaban J connectivity index is 1.79. The molecule has 1 aromatic carbocycles. The SMILES string of the molecule is CC(C)c1ccc(NC(=O)CN2CCC(CCO)C2)cc1. The average molecular weight is 290 g/mol. The highest BCUT2D eigenvalue weighted by Crippen LogP contribution is 2.19. The average Bonchev–Trinajstić information content (AvgIpc) is 2.87. The number of carbonyl (C=O) groups is 1. The molecule has 2 rings (SSSR count). The van der Waals surface area contributed by atoms with Crippen LogP contribution in [0.2, 0.25) is 0 Å². The molecule has 0 radical (unpaired) electrons. The van der Waals surface area contributed by atoms with Crippen molar-refractivity contribution in [3.8, 4) is 0 Å². The first-order valence-corrected chi connectivity index (χ1v) is 7.81. The first kappa shape index (κ1) is 16.0. The zero-order chi connectivity index (χ0) is 15.2. The Bertz CT molecular complexity index is 456. The largest absolute Gasteiger partial charge is 0.396 e. The fourth-order valence-electron chi connectivity index (χ4n) is 2.83. The molecule has 0 bridgehead atoms. The molecule has 1 unspecified atom stereocenters. The minimum Gasteiger partial charge on any atom is -0.396 e. The van der Waals surface area contributed by atoms with Crippen molar-refractivity contribution in [3.05, 3.63) is 29.8 Å². The van der Waals surface area contributed by atoms with E-state index in [-0.39, 0.29) is 12.5 Å². The lowest BCUT2D eigenvalue weighted by Crippen LogP contribution is -2.31. The van der Waals surface area contributed by atoms with E-state index in [0.717, 1.165) is 31.6 Å². The highest BCUT2D eigenvalue weighted by molar-refractivity contribution is 5.92. The van der Waals surface area contributed by atoms with Crippen LogP contribution < -0.4 is 5.32 Å². The van der Waals surface area contributed by atoms with Gasteiger partial charge >= 0.3 is 0 Å². The van der Waals surface area contributed by atoms with Gasteiger partial charge in [-0.1, -0.05) is 26.0 Å². The van der Waals surface area contributed by atoms with Gasteiger partial charge in [-0.25, -0.2) is 0 Å². The standard InChI is InChI=1S/C17H26N2O2/c1-13(2)15-3-5-16(6-4-15)18-17(21)12-19-9-7-14(11-19)8-10-20/h3-6,13-14,20H,7-12H2,1-2H3,(H,18,21). The van der Waals surface area contributed by atoms with Gasteiger partial charge in [-0.2, -0.15) is 0 Å². The summed E-state index contributed by atoms with van der Waals surface area (Å²) in [7, 11) is 0. The van der Waals surface area contributed by atoms with Gasteiger partial charge < -0.3 is 10.4 Å². The van der Waals surface area contributed by atoms with Gasteiger partial charge in [-0.15, -0.1) is 0 Å². The molecular formula is C17H26N2O2. The second-order valence-corrected chi connectivity index (χ2v) is 6.23. The lowest BCUT2D eigenvalue weighted by Gasteiger charge is -2.15. The Morgan fingerprint density at radius 3 is 2.71 bits per heavy atom. The summed E-state index contributed by atoms with van der Waals surface area (Å²) in [5.41, 5.74) is 2.13. The molecule has 0 aliphatic carbocycles. The molecule has 116 valence electrons. The molecule has 4 nitrogen and oxygen atoms in total. The van der Waals surface area contributed by atoms with Crippen LogP contribution in [0.1, 0.15) is 38.2 Å². The van der Waals surface area contributed by atoms with Crippen molar-refractivity contribution >= 4 is 11.6 Å². The molecule has 1 aliphatic rings. The van der Waals surface area contributed by atoms with Gasteiger partial charge in [0.05, 0.1) is 6.54 Å². The molecule has 1 fully saturated rings. The molecule has 0 spiro atoms. The van der Waals surface area contributed by atoms with Gasteiger partial charge in [0.15, 0.2) is 0 Å². The number of carbonyl (C=O) groups excluding carboxylic acids is 1. The van der Waals surface area contributed by atoms with E-state index in [2.05, 4.69) is 36.2 Å². The maximum Gasteiger partial charge on any atom is 0.238 e. The van der Waals surface area contributed by atoms with Crippen molar-refractivity contribution in [2.75, 3.05) is 31.6 Å². The molecule has 21 heavy (non-hydrogen) atoms. The molecular weight excluding hydrogens is 264 g/mol. The third-order valence-corrected chi connectivity index (χ3v) is 4.14. The Hall–Kier alpha value is -1.39. The van der Waals surface area contributed by atoms with Crippen LogP contribution in [0.15, 0.2) is 24.3 Å². The van der Waals surface area contributed by atoms with E-state index in [1.54, 1.807) is 0 Å². The zero-order valence-corrected chi connectivity index (χ0v) is 13.0. The Morgan fingerprint density at radius 2 is 2.10 bits per heavy atom. The van der Waals surface area contributed by atoms with E-state index in [9.17, 15) is 4.79 Å². The summed E-state index contributed by atoms with van der Waals surface area (Å²) in [4.78, 5) is 14.2. The van der Waals surface area contributed by atoms with Crippen molar-refractivity contribution in [1.29, 1.82) is 0 Å². The lowest BCUT2D eigenvalue weighted by molar-refractivity contribution is -0.117. The molecule has 4 heteroatoms. The second-order valence-electron chi connectivity index (χ2n) is 6.23. The van der Waals surface area contributed by atoms with Gasteiger partial charge in [0.25, 0.3) is 0 Å². The number of aliphatic hydroxyl groups is 1. The predicted octanol–water partition coefficient (Wildman–Crippen LogP) is 2.45. The maximum atomic E-state index is 12.0. The Morgan fingerprint density at radius 1 is 1.38 bits per heavy atom. The van der Waals surface area contributed by atoms with Gasteiger partial charge in [0.2, 0.25) is 5.91 Å². The number of amides is 1. The van der Waals surface area contributed by atoms with E-state index < -0.39 is 0 Å². The fraction of sp³-hybridized carbons (Fsp3) is 0.588. The smallest absolute Gasteiger partial charge is 0.238 e. The van der Waals surface area contributed by atoms with Crippen LogP contribution in [0.3, 0.4) is 0 Å². The topological polar surface area (TPSA) is 52.6 Å². The van der Waals surface area contributed by atoms with E-state index >= 15 is 0 Å². The van der Waals surface area contributed by atoms with E-state index in [4.69, 9.17) is 5.11 Å². The fourth-order valence-corrected chi connectivity index (χ4v) is 2.83. The third-order valence-electron chi connectivity index (χ3n) is 4.14. The van der Waals surface area contributed by atoms with E-state index in [1.807, 2.05) is 12.1 Å². The monoisotopic (exact) mass is 290 g/mol. The number of hydrogen-bond donors (Lipinski definition) is 2. The first-order chi connectivity index (χ1) is 10.1. The van der Waals surface area contributed by atoms with Crippen LogP contribution in [0.25, 0.3) is 0 Å². The van der Waals surface area contributed by atoms with Crippen molar-refractivity contribution < 1.29 is 9.90 Å². The van der Waals surface area contributed by atoms with Gasteiger partial charge in [0.1, 0.15) is 0 Å². The van der Waals surface area contributed by atoms with Gasteiger partial charge in [-0.05, 0) is 48.9 Å². The van der Waals surface area contributed by atoms with E-state index in [1.165, 1.54) is 5.56 Å². The summed E-state index contributed by atoms with van der Waals surface area (Å²) >= 11 is 0. The van der Waals surface area contributed by atoms with Crippen molar-refractivity contribution in [3.63, 3.8) is 0 Å². The quantitative estimate of drug-likeness (QED) is 0.846. The van der Waals surface area contributed by atoms with Crippen LogP contribution in [-0.2, 0) is 4.79 Å². The normalized spacial score (nSPS) is 19.1. The lowest BCUT2D eigenvalue weighted by atomic mass is 10.0. The number of likely N-dealkylation sites (tertiary alicyclic amines) is 1. The van der Waals surface area contributed by atoms with Crippen LogP contribution in [0.4, 0.5) is 5.69 Å². The van der Waals surface area contributed by atoms with Crippen molar-refractivity contribution in [1.82, 2.24) is 4.90 Å². The minimum atomic E-state index is 0.0388. The second kappa shape index (κ2) is 7.57. The molecule has 1 aliphatic heterocycles. The van der Waals surface area contributed by atoms with Gasteiger partial charge in [-0.3, -0.25) is 9.69 Å². The Kier molecular flexibility index (Phi) is 5.76. The molecule has 0 saturated carbocycles. The van der Waals surface area contributed by atoms with Gasteiger partial charge in [0, 0.05) is 18.8 Å². The summed E-state index contributed by atoms with van der Waals surface area (Å²) < 4.78 is 0. The first-order valence-electron chi connectivity index (χ1n) is 7.81. The summed E-state index contributed by atoms with van der Waals surface area (Å²) in [6.07, 6.45) is 1.92. The number of hydrogen-bond acceptors (Lipinski definition) is 3. The number of nitrogens with zero attached hydrogens (tertiary/aromatic N) is 1. The summed E-state index contributed by atoms with van der Waals surface area (Å²) in [5.74, 6) is 1.08. The Labute approximate surface area is 127 Å². The van der Waals surface area contributed by atoms with Crippen LogP contribution in [0.5, 0.6) is 0 Å². The minimum absolute atomic E-state index is 0.0388. The molecule has 1 aromatic rings. The van der Waals surface area contributed by atoms with Crippen molar-refractivity contribution in [2.24, 2.45) is 5.92 Å². The van der Waals surface area contributed by atoms with Crippen LogP contribution in [0, 0.1) is 5.92 Å². The van der Waals surface area contributed by atoms with Crippen LogP contribution >= 0.6 is 0 Å². The molecule has 1 saturated heterocycles. The molecule has 1 amide bonds. The van der Waals surface area contributed by atoms with Crippen molar-refractivity contribution in [2.45, 2.75) is 32.6 Å². The predicted molar refractivity (Wildman–Crippen MR) is 85.4 cm³/mol. The highest BCUT2D eigenvalue weighted by atomic mass is 16.3. The molecule has 2 N–H and O–H groups in total. The summed E-state index contributed by atoms with van der Waals surface area (Å²) in [5, 5.41) is 11.9. The zero-order valence-electron chi connectivity index (χ0n) is 13.0. The number of nitrogens with one attached hydrogen (secondary N) is 1. The van der Waals surface area contributed by atoms with E-state index in [0.29, 0.717) is 18.4 Å².